The third-order valence-electron chi connectivity index (χ3n) is 4.94. The molecule has 0 aromatic heterocycles. The Kier molecular flexibility index (Phi) is 7.35. The van der Waals surface area contributed by atoms with Gasteiger partial charge in [0.2, 0.25) is 6.10 Å². The Morgan fingerprint density at radius 3 is 2.67 bits per heavy atom. The quantitative estimate of drug-likeness (QED) is 0.411. The average Bonchev–Trinajstić information content (AvgIpc) is 2.75. The number of carbonyl (C=O) groups excluding carboxylic acids is 1. The number of hydrogen-bond donors (Lipinski definition) is 2. The van der Waals surface area contributed by atoms with Crippen LogP contribution < -0.4 is 11.1 Å². The number of nitrogens with zero attached hydrogens (tertiary/aromatic N) is 2. The third-order valence-corrected chi connectivity index (χ3v) is 4.94. The number of oxime groups is 1. The van der Waals surface area contributed by atoms with Crippen molar-refractivity contribution in [3.8, 4) is 0 Å². The second-order valence-corrected chi connectivity index (χ2v) is 7.38. The summed E-state index contributed by atoms with van der Waals surface area (Å²) in [5.74, 6) is -2.44. The average molecular weight is 416 g/mol. The smallest absolute Gasteiger partial charge is 0.267 e. The number of halogens is 2. The fraction of sp³-hybridized carbons (Fsp3) is 0.364. The lowest BCUT2D eigenvalue weighted by molar-refractivity contribution is -0.126. The van der Waals surface area contributed by atoms with Crippen LogP contribution in [0.5, 0.6) is 0 Å². The second-order valence-electron chi connectivity index (χ2n) is 7.38. The number of nitrogens with two attached hydrogens (primary N) is 1. The van der Waals surface area contributed by atoms with E-state index in [1.807, 2.05) is 24.3 Å². The lowest BCUT2D eigenvalue weighted by atomic mass is 10.1. The molecular weight excluding hydrogens is 390 g/mol. The molecule has 2 aromatic carbocycles. The molecule has 1 fully saturated rings. The Bertz CT molecular complexity index is 914. The summed E-state index contributed by atoms with van der Waals surface area (Å²) in [5, 5.41) is 6.30. The van der Waals surface area contributed by atoms with Crippen molar-refractivity contribution in [1.82, 2.24) is 4.90 Å². The monoisotopic (exact) mass is 416 g/mol. The minimum Gasteiger partial charge on any atom is -0.381 e. The van der Waals surface area contributed by atoms with Crippen molar-refractivity contribution in [3.63, 3.8) is 0 Å². The van der Waals surface area contributed by atoms with Crippen molar-refractivity contribution in [2.75, 3.05) is 18.4 Å². The number of nitrogens with one attached hydrogen (secondary N) is 1. The summed E-state index contributed by atoms with van der Waals surface area (Å²) in [5.41, 5.74) is 7.99. The number of amidine groups is 1. The van der Waals surface area contributed by atoms with Crippen molar-refractivity contribution in [2.45, 2.75) is 38.8 Å². The molecule has 1 unspecified atom stereocenters. The molecule has 0 aliphatic carbocycles. The highest BCUT2D eigenvalue weighted by Gasteiger charge is 2.16. The Balaban J connectivity index is 1.57. The predicted octanol–water partition coefficient (Wildman–Crippen LogP) is 3.61. The molecule has 160 valence electrons. The van der Waals surface area contributed by atoms with Gasteiger partial charge in [-0.15, -0.1) is 0 Å². The number of anilines is 1. The molecule has 3 rings (SSSR count). The van der Waals surface area contributed by atoms with Crippen LogP contribution in [0.1, 0.15) is 37.3 Å². The van der Waals surface area contributed by atoms with Gasteiger partial charge in [0.05, 0.1) is 0 Å². The van der Waals surface area contributed by atoms with Crippen LogP contribution in [0.2, 0.25) is 0 Å². The van der Waals surface area contributed by atoms with Gasteiger partial charge in [0.25, 0.3) is 5.91 Å². The minimum atomic E-state index is -1.05. The molecule has 1 saturated heterocycles. The normalized spacial score (nSPS) is 16.2. The summed E-state index contributed by atoms with van der Waals surface area (Å²) in [4.78, 5) is 19.8. The van der Waals surface area contributed by atoms with E-state index in [2.05, 4.69) is 15.4 Å². The maximum Gasteiger partial charge on any atom is 0.267 e. The molecule has 1 aliphatic heterocycles. The van der Waals surface area contributed by atoms with E-state index in [0.29, 0.717) is 5.56 Å². The molecule has 0 radical (unpaired) electrons. The lowest BCUT2D eigenvalue weighted by Gasteiger charge is -2.26. The van der Waals surface area contributed by atoms with Gasteiger partial charge in [-0.25, -0.2) is 8.78 Å². The first kappa shape index (κ1) is 21.7. The molecule has 1 atom stereocenters. The molecule has 8 heteroatoms. The topological polar surface area (TPSA) is 80.0 Å². The largest absolute Gasteiger partial charge is 0.381 e. The van der Waals surface area contributed by atoms with E-state index in [1.165, 1.54) is 32.3 Å². The van der Waals surface area contributed by atoms with Crippen LogP contribution in [0.25, 0.3) is 0 Å². The summed E-state index contributed by atoms with van der Waals surface area (Å²) in [7, 11) is 0. The molecule has 30 heavy (non-hydrogen) atoms. The number of amides is 1. The van der Waals surface area contributed by atoms with Gasteiger partial charge in [-0.2, -0.15) is 0 Å². The minimum absolute atomic E-state index is 0.122. The molecule has 1 amide bonds. The number of benzene rings is 2. The van der Waals surface area contributed by atoms with Gasteiger partial charge in [-0.3, -0.25) is 9.69 Å². The first-order valence-electron chi connectivity index (χ1n) is 9.99. The molecule has 0 saturated carbocycles. The number of rotatable bonds is 7. The Morgan fingerprint density at radius 1 is 1.17 bits per heavy atom. The van der Waals surface area contributed by atoms with Gasteiger partial charge < -0.3 is 15.9 Å². The van der Waals surface area contributed by atoms with Gasteiger partial charge in [0, 0.05) is 23.9 Å². The van der Waals surface area contributed by atoms with Gasteiger partial charge in [0.15, 0.2) is 17.5 Å². The molecule has 3 N–H and O–H groups in total. The maximum atomic E-state index is 13.3. The van der Waals surface area contributed by atoms with Crippen molar-refractivity contribution < 1.29 is 18.4 Å². The Labute approximate surface area is 174 Å². The zero-order valence-electron chi connectivity index (χ0n) is 16.9. The molecule has 0 spiro atoms. The SMILES string of the molecule is CC(ON=C(N)c1cccc(CN2CCCCC2)c1)C(=O)Nc1ccc(F)c(F)c1. The fourth-order valence-electron chi connectivity index (χ4n) is 3.26. The predicted molar refractivity (Wildman–Crippen MR) is 112 cm³/mol. The number of carbonyl (C=O) groups is 1. The molecular formula is C22H26F2N4O2. The van der Waals surface area contributed by atoms with E-state index in [0.717, 1.165) is 37.3 Å². The van der Waals surface area contributed by atoms with E-state index >= 15 is 0 Å². The van der Waals surface area contributed by atoms with Crippen LogP contribution >= 0.6 is 0 Å². The lowest BCUT2D eigenvalue weighted by Crippen LogP contribution is -2.29. The molecule has 1 heterocycles. The van der Waals surface area contributed by atoms with E-state index < -0.39 is 23.6 Å². The number of piperidine rings is 1. The van der Waals surface area contributed by atoms with Crippen molar-refractivity contribution >= 4 is 17.4 Å². The van der Waals surface area contributed by atoms with Gasteiger partial charge in [0.1, 0.15) is 0 Å². The zero-order valence-corrected chi connectivity index (χ0v) is 16.9. The molecule has 2 aromatic rings. The van der Waals surface area contributed by atoms with Gasteiger partial charge >= 0.3 is 0 Å². The standard InChI is InChI=1S/C22H26F2N4O2/c1-15(22(29)26-18-8-9-19(23)20(24)13-18)30-27-21(25)17-7-5-6-16(12-17)14-28-10-3-2-4-11-28/h5-9,12-13,15H,2-4,10-11,14H2,1H3,(H2,25,27)(H,26,29). The van der Waals surface area contributed by atoms with Gasteiger partial charge in [-0.1, -0.05) is 29.8 Å². The highest BCUT2D eigenvalue weighted by molar-refractivity contribution is 5.97. The Morgan fingerprint density at radius 2 is 1.93 bits per heavy atom. The van der Waals surface area contributed by atoms with Crippen LogP contribution in [-0.2, 0) is 16.2 Å². The van der Waals surface area contributed by atoms with Crippen molar-refractivity contribution in [2.24, 2.45) is 10.9 Å². The summed E-state index contributed by atoms with van der Waals surface area (Å²) in [6.45, 7) is 4.54. The van der Waals surface area contributed by atoms with Crippen molar-refractivity contribution in [1.29, 1.82) is 0 Å². The van der Waals surface area contributed by atoms with Crippen LogP contribution in [0.3, 0.4) is 0 Å². The van der Waals surface area contributed by atoms with Crippen LogP contribution in [0.15, 0.2) is 47.6 Å². The van der Waals surface area contributed by atoms with E-state index in [9.17, 15) is 13.6 Å². The van der Waals surface area contributed by atoms with Gasteiger partial charge in [-0.05, 0) is 56.6 Å². The first-order valence-corrected chi connectivity index (χ1v) is 9.99. The summed E-state index contributed by atoms with van der Waals surface area (Å²) in [6, 6.07) is 10.8. The number of likely N-dealkylation sites (tertiary alicyclic amines) is 1. The van der Waals surface area contributed by atoms with Crippen LogP contribution in [0, 0.1) is 11.6 Å². The maximum absolute atomic E-state index is 13.3. The highest BCUT2D eigenvalue weighted by atomic mass is 19.2. The second kappa shape index (κ2) is 10.2. The zero-order chi connectivity index (χ0) is 21.5. The highest BCUT2D eigenvalue weighted by Crippen LogP contribution is 2.15. The van der Waals surface area contributed by atoms with E-state index in [1.54, 1.807) is 0 Å². The fourth-order valence-corrected chi connectivity index (χ4v) is 3.26. The summed E-state index contributed by atoms with van der Waals surface area (Å²) < 4.78 is 26.2. The van der Waals surface area contributed by atoms with Crippen LogP contribution in [-0.4, -0.2) is 35.8 Å². The molecule has 1 aliphatic rings. The number of hydrogen-bond acceptors (Lipinski definition) is 4. The first-order chi connectivity index (χ1) is 14.4. The van der Waals surface area contributed by atoms with Crippen molar-refractivity contribution in [3.05, 3.63) is 65.2 Å². The van der Waals surface area contributed by atoms with E-state index in [-0.39, 0.29) is 11.5 Å². The summed E-state index contributed by atoms with van der Waals surface area (Å²) in [6.07, 6.45) is 2.76. The van der Waals surface area contributed by atoms with Crippen LogP contribution in [0.4, 0.5) is 14.5 Å². The van der Waals surface area contributed by atoms with E-state index in [4.69, 9.17) is 10.6 Å². The summed E-state index contributed by atoms with van der Waals surface area (Å²) >= 11 is 0. The Hall–Kier alpha value is -3.00. The molecule has 0 bridgehead atoms. The third kappa shape index (κ3) is 6.00. The molecule has 6 nitrogen and oxygen atoms in total.